The van der Waals surface area contributed by atoms with Crippen molar-refractivity contribution in [2.45, 2.75) is 64.4 Å². The maximum atomic E-state index is 12.9. The number of aryl methyl sites for hydroxylation is 1. The summed E-state index contributed by atoms with van der Waals surface area (Å²) < 4.78 is 46.7. The molecule has 0 fully saturated rings. The number of ether oxygens (including phenoxy) is 1. The molecule has 0 radical (unpaired) electrons. The Morgan fingerprint density at radius 1 is 1.22 bits per heavy atom. The molecule has 0 bridgehead atoms. The van der Waals surface area contributed by atoms with E-state index in [4.69, 9.17) is 4.74 Å². The van der Waals surface area contributed by atoms with Crippen molar-refractivity contribution in [3.05, 3.63) is 41.5 Å². The van der Waals surface area contributed by atoms with E-state index in [1.165, 1.54) is 18.6 Å². The van der Waals surface area contributed by atoms with Crippen LogP contribution in [0.4, 0.5) is 13.2 Å². The fourth-order valence-corrected chi connectivity index (χ4v) is 3.48. The van der Waals surface area contributed by atoms with Gasteiger partial charge in [0.05, 0.1) is 18.7 Å². The lowest BCUT2D eigenvalue weighted by molar-refractivity contribution is -0.137. The van der Waals surface area contributed by atoms with Crippen molar-refractivity contribution in [2.75, 3.05) is 13.6 Å². The Morgan fingerprint density at radius 2 is 2.03 bits per heavy atom. The van der Waals surface area contributed by atoms with Gasteiger partial charge in [0, 0.05) is 20.0 Å². The third kappa shape index (κ3) is 7.24. The Morgan fingerprint density at radius 3 is 2.75 bits per heavy atom. The molecule has 1 atom stereocenters. The van der Waals surface area contributed by atoms with Crippen molar-refractivity contribution in [2.24, 2.45) is 4.99 Å². The molecule has 0 saturated carbocycles. The lowest BCUT2D eigenvalue weighted by Crippen LogP contribution is -2.42. The van der Waals surface area contributed by atoms with Crippen LogP contribution in [0.25, 0.3) is 0 Å². The summed E-state index contributed by atoms with van der Waals surface area (Å²) >= 11 is 0. The van der Waals surface area contributed by atoms with Crippen molar-refractivity contribution >= 4 is 29.9 Å². The number of fused-ring (bicyclic) bond motifs is 1. The highest BCUT2D eigenvalue weighted by Crippen LogP contribution is 2.31. The second-order valence-electron chi connectivity index (χ2n) is 7.48. The molecule has 7 nitrogen and oxygen atoms in total. The van der Waals surface area contributed by atoms with Crippen LogP contribution >= 0.6 is 24.0 Å². The minimum atomic E-state index is -4.40. The van der Waals surface area contributed by atoms with Crippen molar-refractivity contribution in [3.63, 3.8) is 0 Å². The number of rotatable bonds is 7. The first-order valence-electron chi connectivity index (χ1n) is 10.6. The van der Waals surface area contributed by atoms with E-state index in [1.54, 1.807) is 7.05 Å². The summed E-state index contributed by atoms with van der Waals surface area (Å²) in [5.41, 5.74) is -0.724. The number of nitrogens with zero attached hydrogens (tertiary/aromatic N) is 4. The molecule has 11 heteroatoms. The minimum Gasteiger partial charge on any atom is -0.489 e. The Labute approximate surface area is 203 Å². The Hall–Kier alpha value is -2.05. The summed E-state index contributed by atoms with van der Waals surface area (Å²) in [4.78, 5) is 4.21. The average molecular weight is 566 g/mol. The zero-order chi connectivity index (χ0) is 22.3. The highest BCUT2D eigenvalue weighted by molar-refractivity contribution is 14.0. The Kier molecular flexibility index (Phi) is 10.0. The number of aromatic nitrogens is 3. The lowest BCUT2D eigenvalue weighted by Gasteiger charge is -2.20. The second kappa shape index (κ2) is 12.3. The maximum Gasteiger partial charge on any atom is 0.416 e. The zero-order valence-electron chi connectivity index (χ0n) is 18.3. The fourth-order valence-electron chi connectivity index (χ4n) is 3.48. The van der Waals surface area contributed by atoms with Gasteiger partial charge in [-0.25, -0.2) is 0 Å². The van der Waals surface area contributed by atoms with Crippen LogP contribution in [0.15, 0.2) is 29.3 Å². The predicted octanol–water partition coefficient (Wildman–Crippen LogP) is 4.16. The van der Waals surface area contributed by atoms with Crippen LogP contribution in [0.5, 0.6) is 5.75 Å². The highest BCUT2D eigenvalue weighted by atomic mass is 127. The van der Waals surface area contributed by atoms with Crippen LogP contribution < -0.4 is 15.4 Å². The first-order chi connectivity index (χ1) is 14.9. The maximum absolute atomic E-state index is 12.9. The van der Waals surface area contributed by atoms with E-state index < -0.39 is 11.7 Å². The molecular formula is C21H30F3IN6O. The van der Waals surface area contributed by atoms with Crippen molar-refractivity contribution in [1.29, 1.82) is 0 Å². The summed E-state index contributed by atoms with van der Waals surface area (Å²) in [6.45, 7) is 3.72. The number of halogens is 4. The number of hydrogen-bond acceptors (Lipinski definition) is 4. The van der Waals surface area contributed by atoms with Crippen LogP contribution in [0.2, 0.25) is 0 Å². The molecule has 1 unspecified atom stereocenters. The normalized spacial score (nSPS) is 15.2. The molecule has 0 aliphatic carbocycles. The summed E-state index contributed by atoms with van der Waals surface area (Å²) in [5, 5.41) is 15.0. The van der Waals surface area contributed by atoms with Crippen LogP contribution in [-0.2, 0) is 25.7 Å². The summed E-state index contributed by atoms with van der Waals surface area (Å²) in [6.07, 6.45) is 0.318. The second-order valence-corrected chi connectivity index (χ2v) is 7.48. The van der Waals surface area contributed by atoms with Gasteiger partial charge in [0.25, 0.3) is 0 Å². The summed E-state index contributed by atoms with van der Waals surface area (Å²) in [7, 11) is 1.66. The van der Waals surface area contributed by atoms with Gasteiger partial charge in [0.15, 0.2) is 11.8 Å². The third-order valence-corrected chi connectivity index (χ3v) is 5.24. The molecule has 3 rings (SSSR count). The van der Waals surface area contributed by atoms with E-state index in [0.717, 1.165) is 49.6 Å². The van der Waals surface area contributed by atoms with Gasteiger partial charge in [-0.05, 0) is 37.5 Å². The lowest BCUT2D eigenvalue weighted by atomic mass is 10.2. The van der Waals surface area contributed by atoms with E-state index in [1.807, 2.05) is 6.92 Å². The highest BCUT2D eigenvalue weighted by Gasteiger charge is 2.30. The fraction of sp³-hybridized carbons (Fsp3) is 0.571. The number of guanidine groups is 1. The van der Waals surface area contributed by atoms with Gasteiger partial charge in [0.1, 0.15) is 17.7 Å². The van der Waals surface area contributed by atoms with Crippen LogP contribution in [0, 0.1) is 0 Å². The molecule has 178 valence electrons. The number of benzene rings is 1. The molecule has 1 aliphatic heterocycles. The smallest absolute Gasteiger partial charge is 0.416 e. The molecule has 1 aromatic carbocycles. The first kappa shape index (κ1) is 26.2. The first-order valence-corrected chi connectivity index (χ1v) is 10.6. The van der Waals surface area contributed by atoms with Gasteiger partial charge in [-0.2, -0.15) is 13.2 Å². The monoisotopic (exact) mass is 566 g/mol. The SMILES string of the molecule is CCC(CNC(=NC)NCc1nnc2n1CCCCC2)Oc1cccc(C(F)(F)F)c1.I. The molecule has 2 N–H and O–H groups in total. The van der Waals surface area contributed by atoms with E-state index in [9.17, 15) is 13.2 Å². The zero-order valence-corrected chi connectivity index (χ0v) is 20.6. The number of alkyl halides is 3. The van der Waals surface area contributed by atoms with E-state index >= 15 is 0 Å². The van der Waals surface area contributed by atoms with E-state index in [2.05, 4.69) is 30.4 Å². The average Bonchev–Trinajstić information content (AvgIpc) is 2.98. The summed E-state index contributed by atoms with van der Waals surface area (Å²) in [5.74, 6) is 2.65. The van der Waals surface area contributed by atoms with E-state index in [-0.39, 0.29) is 35.8 Å². The van der Waals surface area contributed by atoms with Gasteiger partial charge in [0.2, 0.25) is 0 Å². The molecule has 0 saturated heterocycles. The molecule has 2 heterocycles. The number of nitrogens with one attached hydrogen (secondary N) is 2. The van der Waals surface area contributed by atoms with Gasteiger partial charge < -0.3 is 19.9 Å². The standard InChI is InChI=1S/C21H29F3N6O.HI/c1-3-16(31-17-9-7-8-15(12-17)21(22,23)24)13-26-20(25-2)27-14-19-29-28-18-10-5-4-6-11-30(18)19;/h7-9,12,16H,3-6,10-11,13-14H2,1-2H3,(H2,25,26,27);1H. The Bertz CT molecular complexity index is 887. The number of hydrogen-bond donors (Lipinski definition) is 2. The van der Waals surface area contributed by atoms with Crippen LogP contribution in [0.3, 0.4) is 0 Å². The molecule has 0 spiro atoms. The number of aliphatic imine (C=N–C) groups is 1. The van der Waals surface area contributed by atoms with Crippen LogP contribution in [0.1, 0.15) is 49.8 Å². The van der Waals surface area contributed by atoms with Crippen molar-refractivity contribution in [3.8, 4) is 5.75 Å². The van der Waals surface area contributed by atoms with Gasteiger partial charge in [-0.15, -0.1) is 34.2 Å². The van der Waals surface area contributed by atoms with Gasteiger partial charge in [-0.3, -0.25) is 4.99 Å². The Balaban J connectivity index is 0.00000363. The molecule has 0 amide bonds. The predicted molar refractivity (Wildman–Crippen MR) is 127 cm³/mol. The largest absolute Gasteiger partial charge is 0.489 e. The van der Waals surface area contributed by atoms with E-state index in [0.29, 0.717) is 25.5 Å². The molecular weight excluding hydrogens is 536 g/mol. The van der Waals surface area contributed by atoms with Crippen molar-refractivity contribution < 1.29 is 17.9 Å². The van der Waals surface area contributed by atoms with Gasteiger partial charge in [-0.1, -0.05) is 19.4 Å². The topological polar surface area (TPSA) is 76.4 Å². The van der Waals surface area contributed by atoms with Crippen LogP contribution in [-0.4, -0.2) is 40.4 Å². The van der Waals surface area contributed by atoms with Crippen molar-refractivity contribution in [1.82, 2.24) is 25.4 Å². The van der Waals surface area contributed by atoms with Gasteiger partial charge >= 0.3 is 6.18 Å². The summed E-state index contributed by atoms with van der Waals surface area (Å²) in [6, 6.07) is 4.93. The molecule has 1 aliphatic rings. The molecule has 1 aromatic heterocycles. The third-order valence-electron chi connectivity index (χ3n) is 5.24. The quantitative estimate of drug-likeness (QED) is 0.299. The molecule has 2 aromatic rings. The molecule has 32 heavy (non-hydrogen) atoms. The minimum absolute atomic E-state index is 0.